The Morgan fingerprint density at radius 2 is 1.80 bits per heavy atom. The maximum Gasteiger partial charge on any atom is 0.317 e. The number of carbonyl (C=O) groups excluding carboxylic acids is 1. The van der Waals surface area contributed by atoms with Gasteiger partial charge in [0.2, 0.25) is 0 Å². The summed E-state index contributed by atoms with van der Waals surface area (Å²) in [6, 6.07) is -0.525. The van der Waals surface area contributed by atoms with Gasteiger partial charge in [-0.25, -0.2) is 4.79 Å². The average Bonchev–Trinajstić information content (AvgIpc) is 2.64. The number of nitrogens with one attached hydrogen (secondary N) is 1. The van der Waals surface area contributed by atoms with Gasteiger partial charge in [-0.2, -0.15) is 0 Å². The summed E-state index contributed by atoms with van der Waals surface area (Å²) in [7, 11) is 0. The standard InChI is InChI=1S/C14H24N2O4/c17-10-5-4-8-16(9-10)14(20)15-12-7-3-1-2-6-11(12)13(18)19/h10-12,17H,1-9H2,(H,15,20)(H,18,19). The van der Waals surface area contributed by atoms with Crippen LogP contribution in [0.2, 0.25) is 0 Å². The highest BCUT2D eigenvalue weighted by atomic mass is 16.4. The minimum Gasteiger partial charge on any atom is -0.481 e. The minimum atomic E-state index is -0.823. The second-order valence-electron chi connectivity index (χ2n) is 5.88. The molecule has 0 spiro atoms. The van der Waals surface area contributed by atoms with Crippen molar-refractivity contribution in [2.24, 2.45) is 5.92 Å². The van der Waals surface area contributed by atoms with Crippen LogP contribution in [-0.4, -0.2) is 52.3 Å². The van der Waals surface area contributed by atoms with Crippen LogP contribution in [0.15, 0.2) is 0 Å². The van der Waals surface area contributed by atoms with Crippen molar-refractivity contribution in [1.82, 2.24) is 10.2 Å². The van der Waals surface area contributed by atoms with Crippen molar-refractivity contribution in [3.05, 3.63) is 0 Å². The van der Waals surface area contributed by atoms with Crippen molar-refractivity contribution in [2.75, 3.05) is 13.1 Å². The van der Waals surface area contributed by atoms with Gasteiger partial charge in [0.05, 0.1) is 12.0 Å². The normalized spacial score (nSPS) is 31.4. The lowest BCUT2D eigenvalue weighted by Crippen LogP contribution is -2.52. The number of carboxylic acids is 1. The summed E-state index contributed by atoms with van der Waals surface area (Å²) < 4.78 is 0. The molecular formula is C14H24N2O4. The summed E-state index contributed by atoms with van der Waals surface area (Å²) in [5.41, 5.74) is 0. The molecule has 0 aromatic carbocycles. The molecular weight excluding hydrogens is 260 g/mol. The van der Waals surface area contributed by atoms with Crippen molar-refractivity contribution < 1.29 is 19.8 Å². The number of hydrogen-bond donors (Lipinski definition) is 3. The number of carbonyl (C=O) groups is 2. The molecule has 0 aromatic rings. The Kier molecular flexibility index (Phi) is 5.23. The number of urea groups is 1. The molecule has 2 rings (SSSR count). The van der Waals surface area contributed by atoms with Crippen molar-refractivity contribution in [1.29, 1.82) is 0 Å². The molecule has 6 nitrogen and oxygen atoms in total. The first-order valence-electron chi connectivity index (χ1n) is 7.54. The smallest absolute Gasteiger partial charge is 0.317 e. The van der Waals surface area contributed by atoms with Crippen LogP contribution in [-0.2, 0) is 4.79 Å². The molecule has 6 heteroatoms. The van der Waals surface area contributed by atoms with Gasteiger partial charge in [-0.3, -0.25) is 4.79 Å². The van der Waals surface area contributed by atoms with Crippen LogP contribution in [0.3, 0.4) is 0 Å². The van der Waals surface area contributed by atoms with E-state index in [1.54, 1.807) is 4.90 Å². The van der Waals surface area contributed by atoms with Crippen LogP contribution in [0.25, 0.3) is 0 Å². The van der Waals surface area contributed by atoms with Gasteiger partial charge in [-0.1, -0.05) is 19.3 Å². The van der Waals surface area contributed by atoms with Gasteiger partial charge >= 0.3 is 12.0 Å². The number of aliphatic carboxylic acids is 1. The van der Waals surface area contributed by atoms with Crippen molar-refractivity contribution >= 4 is 12.0 Å². The van der Waals surface area contributed by atoms with Crippen molar-refractivity contribution in [3.63, 3.8) is 0 Å². The average molecular weight is 284 g/mol. The second kappa shape index (κ2) is 6.92. The highest BCUT2D eigenvalue weighted by Gasteiger charge is 2.32. The number of piperidine rings is 1. The summed E-state index contributed by atoms with van der Waals surface area (Å²) in [6.45, 7) is 0.976. The molecule has 3 unspecified atom stereocenters. The molecule has 2 amide bonds. The van der Waals surface area contributed by atoms with Gasteiger partial charge in [0.25, 0.3) is 0 Å². The molecule has 0 aromatic heterocycles. The quantitative estimate of drug-likeness (QED) is 0.664. The minimum absolute atomic E-state index is 0.234. The molecule has 1 aliphatic carbocycles. The summed E-state index contributed by atoms with van der Waals surface area (Å²) in [4.78, 5) is 25.1. The van der Waals surface area contributed by atoms with Crippen LogP contribution in [0.5, 0.6) is 0 Å². The molecule has 1 saturated carbocycles. The number of carboxylic acid groups (broad SMARTS) is 1. The van der Waals surface area contributed by atoms with Crippen molar-refractivity contribution in [2.45, 2.75) is 57.1 Å². The molecule has 1 saturated heterocycles. The summed E-state index contributed by atoms with van der Waals surface area (Å²) in [6.07, 6.45) is 5.30. The van der Waals surface area contributed by atoms with Gasteiger partial charge in [-0.05, 0) is 25.7 Å². The lowest BCUT2D eigenvalue weighted by Gasteiger charge is -2.32. The molecule has 2 fully saturated rings. The Labute approximate surface area is 119 Å². The number of aliphatic hydroxyl groups excluding tert-OH is 1. The van der Waals surface area contributed by atoms with Gasteiger partial charge in [0.15, 0.2) is 0 Å². The Morgan fingerprint density at radius 3 is 2.50 bits per heavy atom. The molecule has 2 aliphatic rings. The van der Waals surface area contributed by atoms with E-state index in [0.29, 0.717) is 19.5 Å². The van der Waals surface area contributed by atoms with E-state index in [9.17, 15) is 19.8 Å². The van der Waals surface area contributed by atoms with E-state index < -0.39 is 18.0 Å². The van der Waals surface area contributed by atoms with E-state index in [-0.39, 0.29) is 12.1 Å². The SMILES string of the molecule is O=C(O)C1CCCCCC1NC(=O)N1CCCC(O)C1. The Morgan fingerprint density at radius 1 is 1.05 bits per heavy atom. The zero-order chi connectivity index (χ0) is 14.5. The van der Waals surface area contributed by atoms with Gasteiger partial charge in [0, 0.05) is 19.1 Å². The first kappa shape index (κ1) is 15.1. The topological polar surface area (TPSA) is 89.9 Å². The summed E-state index contributed by atoms with van der Waals surface area (Å²) >= 11 is 0. The van der Waals surface area contributed by atoms with Gasteiger partial charge < -0.3 is 20.4 Å². The monoisotopic (exact) mass is 284 g/mol. The third-order valence-corrected chi connectivity index (χ3v) is 4.33. The molecule has 0 radical (unpaired) electrons. The van der Waals surface area contributed by atoms with Crippen LogP contribution < -0.4 is 5.32 Å². The number of β-amino-alcohol motifs (C(OH)–C–C–N with tert-alkyl or cyclic N) is 1. The number of nitrogens with zero attached hydrogens (tertiary/aromatic N) is 1. The van der Waals surface area contributed by atoms with Gasteiger partial charge in [0.1, 0.15) is 0 Å². The predicted octanol–water partition coefficient (Wildman–Crippen LogP) is 1.19. The third-order valence-electron chi connectivity index (χ3n) is 4.33. The maximum atomic E-state index is 12.2. The van der Waals surface area contributed by atoms with E-state index in [4.69, 9.17) is 0 Å². The molecule has 3 atom stereocenters. The second-order valence-corrected chi connectivity index (χ2v) is 5.88. The summed E-state index contributed by atoms with van der Waals surface area (Å²) in [5.74, 6) is -1.31. The zero-order valence-corrected chi connectivity index (χ0v) is 11.8. The lowest BCUT2D eigenvalue weighted by atomic mass is 9.95. The van der Waals surface area contributed by atoms with Gasteiger partial charge in [-0.15, -0.1) is 0 Å². The zero-order valence-electron chi connectivity index (χ0n) is 11.8. The van der Waals surface area contributed by atoms with Crippen LogP contribution in [0, 0.1) is 5.92 Å². The fraction of sp³-hybridized carbons (Fsp3) is 0.857. The first-order chi connectivity index (χ1) is 9.58. The summed E-state index contributed by atoms with van der Waals surface area (Å²) in [5, 5.41) is 21.8. The number of aliphatic hydroxyl groups is 1. The fourth-order valence-electron chi connectivity index (χ4n) is 3.17. The van der Waals surface area contributed by atoms with Crippen LogP contribution in [0.1, 0.15) is 44.9 Å². The van der Waals surface area contributed by atoms with E-state index in [1.807, 2.05) is 0 Å². The lowest BCUT2D eigenvalue weighted by molar-refractivity contribution is -0.142. The highest BCUT2D eigenvalue weighted by molar-refractivity contribution is 5.77. The third kappa shape index (κ3) is 3.85. The van der Waals surface area contributed by atoms with E-state index >= 15 is 0 Å². The number of amides is 2. The predicted molar refractivity (Wildman–Crippen MR) is 73.3 cm³/mol. The Bertz CT molecular complexity index is 361. The maximum absolute atomic E-state index is 12.2. The van der Waals surface area contributed by atoms with E-state index in [1.165, 1.54) is 0 Å². The van der Waals surface area contributed by atoms with E-state index in [2.05, 4.69) is 5.32 Å². The number of rotatable bonds is 2. The molecule has 1 heterocycles. The Balaban J connectivity index is 1.94. The number of likely N-dealkylation sites (tertiary alicyclic amines) is 1. The first-order valence-corrected chi connectivity index (χ1v) is 7.54. The van der Waals surface area contributed by atoms with E-state index in [0.717, 1.165) is 38.5 Å². The Hall–Kier alpha value is -1.30. The van der Waals surface area contributed by atoms with Crippen LogP contribution in [0.4, 0.5) is 4.79 Å². The molecule has 0 bridgehead atoms. The number of hydrogen-bond acceptors (Lipinski definition) is 3. The van der Waals surface area contributed by atoms with Crippen molar-refractivity contribution in [3.8, 4) is 0 Å². The molecule has 20 heavy (non-hydrogen) atoms. The largest absolute Gasteiger partial charge is 0.481 e. The molecule has 1 aliphatic heterocycles. The fourth-order valence-corrected chi connectivity index (χ4v) is 3.17. The van der Waals surface area contributed by atoms with Crippen LogP contribution >= 0.6 is 0 Å². The molecule has 3 N–H and O–H groups in total. The molecule has 114 valence electrons. The highest BCUT2D eigenvalue weighted by Crippen LogP contribution is 2.24.